The number of hydrogen-bond donors (Lipinski definition) is 2. The molecule has 1 aliphatic heterocycles. The van der Waals surface area contributed by atoms with Crippen molar-refractivity contribution in [1.29, 1.82) is 0 Å². The summed E-state index contributed by atoms with van der Waals surface area (Å²) in [5.74, 6) is 0.399. The molecule has 0 spiro atoms. The molecule has 6 unspecified atom stereocenters. The molecule has 2 N–H and O–H groups in total. The first-order valence-electron chi connectivity index (χ1n) is 21.1. The minimum absolute atomic E-state index is 0.104. The van der Waals surface area contributed by atoms with Crippen molar-refractivity contribution < 1.29 is 34.1 Å². The first kappa shape index (κ1) is 42.5. The highest BCUT2D eigenvalue weighted by molar-refractivity contribution is 7.98. The highest BCUT2D eigenvalue weighted by Gasteiger charge is 2.65. The van der Waals surface area contributed by atoms with E-state index in [4.69, 9.17) is 24.2 Å². The molecule has 0 aromatic heterocycles. The van der Waals surface area contributed by atoms with Gasteiger partial charge in [-0.3, -0.25) is 4.79 Å². The van der Waals surface area contributed by atoms with Gasteiger partial charge in [-0.25, -0.2) is 0 Å². The number of benzene rings is 4. The van der Waals surface area contributed by atoms with E-state index in [1.807, 2.05) is 65.6 Å². The van der Waals surface area contributed by atoms with Crippen LogP contribution < -0.4 is 9.47 Å². The molecule has 3 aliphatic rings. The van der Waals surface area contributed by atoms with Gasteiger partial charge in [0.25, 0.3) is 5.91 Å². The van der Waals surface area contributed by atoms with Gasteiger partial charge in [0.05, 0.1) is 18.2 Å². The monoisotopic (exact) mass is 818 g/mol. The van der Waals surface area contributed by atoms with E-state index in [-0.39, 0.29) is 43.5 Å². The van der Waals surface area contributed by atoms with Crippen LogP contribution in [0, 0.1) is 17.8 Å². The molecule has 0 saturated heterocycles. The normalized spacial score (nSPS) is 23.8. The number of fused-ring (bicyclic) bond motifs is 3. The molecule has 312 valence electrons. The van der Waals surface area contributed by atoms with E-state index in [1.54, 1.807) is 24.9 Å². The largest absolute Gasteiger partial charge is 0.459 e. The van der Waals surface area contributed by atoms with Crippen LogP contribution in [0.25, 0.3) is 10.8 Å². The lowest BCUT2D eigenvalue weighted by atomic mass is 9.55. The fourth-order valence-electron chi connectivity index (χ4n) is 9.73. The maximum absolute atomic E-state index is 15.1. The Morgan fingerprint density at radius 3 is 2.42 bits per heavy atom. The van der Waals surface area contributed by atoms with Crippen LogP contribution in [0.15, 0.2) is 119 Å². The summed E-state index contributed by atoms with van der Waals surface area (Å²) in [7, 11) is 1.57. The Morgan fingerprint density at radius 2 is 1.71 bits per heavy atom. The predicted molar refractivity (Wildman–Crippen MR) is 236 cm³/mol. The number of aliphatic hydroxyl groups is 2. The maximum atomic E-state index is 15.1. The Labute approximate surface area is 353 Å². The summed E-state index contributed by atoms with van der Waals surface area (Å²) >= 11 is 1.68. The second-order valence-electron chi connectivity index (χ2n) is 15.8. The van der Waals surface area contributed by atoms with Crippen LogP contribution in [0.4, 0.5) is 0 Å². The predicted octanol–water partition coefficient (Wildman–Crippen LogP) is 10.2. The number of rotatable bonds is 19. The van der Waals surface area contributed by atoms with Gasteiger partial charge in [-0.15, -0.1) is 18.3 Å². The molecule has 9 nitrogen and oxygen atoms in total. The topological polar surface area (TPSA) is 110 Å². The number of amides is 1. The molecular formula is C49H58N2O7S. The van der Waals surface area contributed by atoms with Crippen LogP contribution in [0.5, 0.6) is 17.2 Å². The number of ether oxygens (including phenoxy) is 3. The van der Waals surface area contributed by atoms with Gasteiger partial charge in [0.2, 0.25) is 5.79 Å². The third-order valence-corrected chi connectivity index (χ3v) is 13.0. The van der Waals surface area contributed by atoms with Crippen molar-refractivity contribution in [3.8, 4) is 17.2 Å². The summed E-state index contributed by atoms with van der Waals surface area (Å²) in [5, 5.41) is 26.6. The van der Waals surface area contributed by atoms with Crippen molar-refractivity contribution in [3.05, 3.63) is 120 Å². The fraction of sp³-hybridized carbons (Fsp3) is 0.429. The average Bonchev–Trinajstić information content (AvgIpc) is 3.26. The molecule has 1 saturated carbocycles. The Morgan fingerprint density at radius 1 is 0.966 bits per heavy atom. The third-order valence-electron chi connectivity index (χ3n) is 12.2. The van der Waals surface area contributed by atoms with Crippen LogP contribution in [0.2, 0.25) is 0 Å². The number of allylic oxidation sites excluding steroid dienone is 1. The minimum atomic E-state index is -1.33. The molecule has 1 amide bonds. The molecule has 6 atom stereocenters. The number of hydrogen-bond acceptors (Lipinski definition) is 9. The molecule has 10 heteroatoms. The minimum Gasteiger partial charge on any atom is -0.459 e. The van der Waals surface area contributed by atoms with Crippen LogP contribution in [0.1, 0.15) is 80.1 Å². The molecule has 0 radical (unpaired) electrons. The maximum Gasteiger partial charge on any atom is 0.254 e. The lowest BCUT2D eigenvalue weighted by Gasteiger charge is -2.60. The average molecular weight is 819 g/mol. The van der Waals surface area contributed by atoms with Gasteiger partial charge >= 0.3 is 0 Å². The zero-order valence-electron chi connectivity index (χ0n) is 34.6. The number of thioether (sulfide) groups is 1. The number of unbranched alkanes of at least 4 members (excludes halogenated alkanes) is 2. The molecule has 0 bridgehead atoms. The van der Waals surface area contributed by atoms with Crippen molar-refractivity contribution >= 4 is 34.2 Å². The highest BCUT2D eigenvalue weighted by atomic mass is 32.2. The van der Waals surface area contributed by atoms with Gasteiger partial charge < -0.3 is 34.2 Å². The smallest absolute Gasteiger partial charge is 0.254 e. The van der Waals surface area contributed by atoms with E-state index in [9.17, 15) is 10.2 Å². The van der Waals surface area contributed by atoms with Crippen molar-refractivity contribution in [2.75, 3.05) is 39.7 Å². The quantitative estimate of drug-likeness (QED) is 0.0417. The van der Waals surface area contributed by atoms with Crippen molar-refractivity contribution in [2.45, 2.75) is 80.9 Å². The third kappa shape index (κ3) is 8.83. The Kier molecular flexibility index (Phi) is 14.1. The molecule has 1 heterocycles. The van der Waals surface area contributed by atoms with Crippen molar-refractivity contribution in [1.82, 2.24) is 4.90 Å². The molecular weight excluding hydrogens is 761 g/mol. The number of nitrogens with zero attached hydrogens (tertiary/aromatic N) is 2. The van der Waals surface area contributed by atoms with Gasteiger partial charge in [0.1, 0.15) is 30.4 Å². The van der Waals surface area contributed by atoms with Crippen molar-refractivity contribution in [2.24, 2.45) is 22.9 Å². The van der Waals surface area contributed by atoms with Crippen LogP contribution in [0.3, 0.4) is 0 Å². The zero-order valence-corrected chi connectivity index (χ0v) is 35.4. The second kappa shape index (κ2) is 19.6. The lowest BCUT2D eigenvalue weighted by Crippen LogP contribution is -2.70. The van der Waals surface area contributed by atoms with E-state index >= 15 is 4.79 Å². The molecule has 59 heavy (non-hydrogen) atoms. The van der Waals surface area contributed by atoms with Gasteiger partial charge in [-0.05, 0) is 121 Å². The Balaban J connectivity index is 1.43. The summed E-state index contributed by atoms with van der Waals surface area (Å²) in [6.07, 6.45) is 12.0. The first-order valence-corrected chi connectivity index (χ1v) is 22.3. The molecule has 4 aromatic rings. The molecule has 2 aliphatic carbocycles. The SMILES string of the molecule is C=CCOC12Oc3ccc(Oc4ccc(SC)cc4)cc3C3C(CCCCO)C(CCCCO)C=C(C(=NOC)CC1N(CCC)C(=O)c1ccc4ccccc4c1)C32. The van der Waals surface area contributed by atoms with Crippen LogP contribution in [-0.4, -0.2) is 78.3 Å². The number of aliphatic hydroxyl groups excluding tert-OH is 2. The highest BCUT2D eigenvalue weighted by Crippen LogP contribution is 2.62. The summed E-state index contributed by atoms with van der Waals surface area (Å²) in [6, 6.07) is 27.5. The Hall–Kier alpha value is -4.61. The van der Waals surface area contributed by atoms with Crippen LogP contribution in [-0.2, 0) is 9.57 Å². The van der Waals surface area contributed by atoms with Crippen LogP contribution >= 0.6 is 11.8 Å². The van der Waals surface area contributed by atoms with E-state index in [0.29, 0.717) is 49.3 Å². The number of oxime groups is 1. The second-order valence-corrected chi connectivity index (χ2v) is 16.7. The summed E-state index contributed by atoms with van der Waals surface area (Å²) in [4.78, 5) is 23.8. The van der Waals surface area contributed by atoms with E-state index < -0.39 is 17.7 Å². The standard InChI is InChI=1S/C49H58N2O7S/c1-5-25-51(48(54)36-18-17-33-13-7-8-14-34(33)29-36)45-32-43(50-55-3)41-30-35(15-9-11-26-52)40(16-10-12-27-53)46-42-31-38(57-37-19-22-39(59-4)23-20-37)21-24-44(42)58-49(45,47(41)46)56-28-6-2/h6-8,13-14,17-24,29-31,35,40,45-47,52-53H,2,5,9-12,15-16,25-28,32H2,1,3-4H3. The fourth-order valence-corrected chi connectivity index (χ4v) is 10.1. The van der Waals surface area contributed by atoms with Gasteiger partial charge in [-0.2, -0.15) is 0 Å². The molecule has 4 aromatic carbocycles. The lowest BCUT2D eigenvalue weighted by molar-refractivity contribution is -0.254. The summed E-state index contributed by atoms with van der Waals surface area (Å²) < 4.78 is 21.0. The number of carbonyl (C=O) groups is 1. The van der Waals surface area contributed by atoms with E-state index in [2.05, 4.69) is 50.1 Å². The summed E-state index contributed by atoms with van der Waals surface area (Å²) in [5.41, 5.74) is 3.38. The zero-order chi connectivity index (χ0) is 41.4. The first-order chi connectivity index (χ1) is 28.9. The van der Waals surface area contributed by atoms with E-state index in [1.165, 1.54) is 0 Å². The molecule has 1 fully saturated rings. The number of carbonyl (C=O) groups excluding carboxylic acids is 1. The molecule has 7 rings (SSSR count). The van der Waals surface area contributed by atoms with Gasteiger partial charge in [0.15, 0.2) is 0 Å². The van der Waals surface area contributed by atoms with Gasteiger partial charge in [-0.1, -0.05) is 67.4 Å². The van der Waals surface area contributed by atoms with E-state index in [0.717, 1.165) is 63.9 Å². The van der Waals surface area contributed by atoms with Gasteiger partial charge in [0, 0.05) is 48.1 Å². The van der Waals surface area contributed by atoms with Crippen molar-refractivity contribution in [3.63, 3.8) is 0 Å². The Bertz CT molecular complexity index is 2140. The summed E-state index contributed by atoms with van der Waals surface area (Å²) in [6.45, 7) is 7.06.